The standard InChI is InChI=1S/C9H7F3N2/c1-5-4-6(2-3-13)7(10)8(14-5)9(11)12/h4,9H,2H2,1H3. The van der Waals surface area contributed by atoms with E-state index < -0.39 is 17.9 Å². The van der Waals surface area contributed by atoms with Crippen molar-refractivity contribution < 1.29 is 13.2 Å². The summed E-state index contributed by atoms with van der Waals surface area (Å²) in [6, 6.07) is 3.00. The van der Waals surface area contributed by atoms with E-state index in [4.69, 9.17) is 5.26 Å². The van der Waals surface area contributed by atoms with Gasteiger partial charge in [-0.15, -0.1) is 0 Å². The monoisotopic (exact) mass is 200 g/mol. The molecule has 0 bridgehead atoms. The number of hydrogen-bond donors (Lipinski definition) is 0. The van der Waals surface area contributed by atoms with Crippen LogP contribution in [0.3, 0.4) is 0 Å². The van der Waals surface area contributed by atoms with Crippen molar-refractivity contribution in [2.75, 3.05) is 0 Å². The van der Waals surface area contributed by atoms with E-state index in [9.17, 15) is 13.2 Å². The van der Waals surface area contributed by atoms with Gasteiger partial charge in [0.05, 0.1) is 12.5 Å². The number of hydrogen-bond acceptors (Lipinski definition) is 2. The highest BCUT2D eigenvalue weighted by Crippen LogP contribution is 2.23. The summed E-state index contributed by atoms with van der Waals surface area (Å²) >= 11 is 0. The molecule has 0 radical (unpaired) electrons. The van der Waals surface area contributed by atoms with Gasteiger partial charge >= 0.3 is 0 Å². The van der Waals surface area contributed by atoms with Crippen LogP contribution in [0.1, 0.15) is 23.4 Å². The lowest BCUT2D eigenvalue weighted by Gasteiger charge is -2.05. The van der Waals surface area contributed by atoms with Crippen LogP contribution in [-0.4, -0.2) is 4.98 Å². The fourth-order valence-electron chi connectivity index (χ4n) is 1.11. The van der Waals surface area contributed by atoms with E-state index in [0.29, 0.717) is 0 Å². The number of nitrogens with zero attached hydrogens (tertiary/aromatic N) is 2. The van der Waals surface area contributed by atoms with Crippen LogP contribution in [0.5, 0.6) is 0 Å². The fourth-order valence-corrected chi connectivity index (χ4v) is 1.11. The molecule has 1 rings (SSSR count). The van der Waals surface area contributed by atoms with Gasteiger partial charge in [0.25, 0.3) is 6.43 Å². The average molecular weight is 200 g/mol. The summed E-state index contributed by atoms with van der Waals surface area (Å²) in [5, 5.41) is 8.34. The minimum atomic E-state index is -2.95. The van der Waals surface area contributed by atoms with Gasteiger partial charge in [0.2, 0.25) is 0 Å². The minimum Gasteiger partial charge on any atom is -0.249 e. The van der Waals surface area contributed by atoms with Crippen LogP contribution in [0.25, 0.3) is 0 Å². The highest BCUT2D eigenvalue weighted by Gasteiger charge is 2.18. The van der Waals surface area contributed by atoms with Gasteiger partial charge in [-0.25, -0.2) is 18.2 Å². The topological polar surface area (TPSA) is 36.7 Å². The summed E-state index contributed by atoms with van der Waals surface area (Å²) in [7, 11) is 0. The maximum Gasteiger partial charge on any atom is 0.283 e. The zero-order chi connectivity index (χ0) is 10.7. The first kappa shape index (κ1) is 10.5. The van der Waals surface area contributed by atoms with E-state index in [1.165, 1.54) is 13.0 Å². The second-order valence-electron chi connectivity index (χ2n) is 2.76. The van der Waals surface area contributed by atoms with E-state index >= 15 is 0 Å². The number of rotatable bonds is 2. The summed E-state index contributed by atoms with van der Waals surface area (Å²) < 4.78 is 37.7. The number of pyridine rings is 1. The summed E-state index contributed by atoms with van der Waals surface area (Å²) in [5.41, 5.74) is -0.627. The Kier molecular flexibility index (Phi) is 3.07. The highest BCUT2D eigenvalue weighted by atomic mass is 19.3. The third kappa shape index (κ3) is 2.02. The molecule has 14 heavy (non-hydrogen) atoms. The molecule has 1 aromatic rings. The summed E-state index contributed by atoms with van der Waals surface area (Å²) in [6.45, 7) is 1.48. The first-order valence-electron chi connectivity index (χ1n) is 3.87. The fraction of sp³-hybridized carbons (Fsp3) is 0.333. The van der Waals surface area contributed by atoms with Gasteiger partial charge in [-0.1, -0.05) is 0 Å². The Bertz CT molecular complexity index is 382. The molecule has 1 aromatic heterocycles. The van der Waals surface area contributed by atoms with E-state index in [1.807, 2.05) is 0 Å². The molecule has 0 saturated heterocycles. The number of alkyl halides is 2. The van der Waals surface area contributed by atoms with Crippen molar-refractivity contribution in [1.29, 1.82) is 5.26 Å². The van der Waals surface area contributed by atoms with Gasteiger partial charge in [-0.05, 0) is 13.0 Å². The predicted molar refractivity (Wildman–Crippen MR) is 43.2 cm³/mol. The van der Waals surface area contributed by atoms with E-state index in [1.54, 1.807) is 6.07 Å². The Labute approximate surface area is 79.0 Å². The molecule has 0 N–H and O–H groups in total. The SMILES string of the molecule is Cc1cc(CC#N)c(F)c(C(F)F)n1. The lowest BCUT2D eigenvalue weighted by atomic mass is 10.1. The molecule has 0 aliphatic carbocycles. The Morgan fingerprint density at radius 1 is 1.57 bits per heavy atom. The van der Waals surface area contributed by atoms with Gasteiger partial charge in [0.15, 0.2) is 5.82 Å². The van der Waals surface area contributed by atoms with Gasteiger partial charge in [-0.3, -0.25) is 0 Å². The molecule has 0 spiro atoms. The predicted octanol–water partition coefficient (Wildman–Crippen LogP) is 2.53. The quantitative estimate of drug-likeness (QED) is 0.735. The zero-order valence-electron chi connectivity index (χ0n) is 7.39. The van der Waals surface area contributed by atoms with E-state index in [2.05, 4.69) is 4.98 Å². The van der Waals surface area contributed by atoms with E-state index in [0.717, 1.165) is 0 Å². The average Bonchev–Trinajstić information content (AvgIpc) is 2.10. The number of aromatic nitrogens is 1. The molecule has 5 heteroatoms. The van der Waals surface area contributed by atoms with Gasteiger partial charge in [0.1, 0.15) is 5.69 Å². The number of aryl methyl sites for hydroxylation is 1. The Hall–Kier alpha value is -1.57. The van der Waals surface area contributed by atoms with Crippen LogP contribution < -0.4 is 0 Å². The second-order valence-corrected chi connectivity index (χ2v) is 2.76. The van der Waals surface area contributed by atoms with Crippen LogP contribution in [0.15, 0.2) is 6.07 Å². The lowest BCUT2D eigenvalue weighted by molar-refractivity contribution is 0.140. The van der Waals surface area contributed by atoms with Crippen LogP contribution >= 0.6 is 0 Å². The van der Waals surface area contributed by atoms with Crippen molar-refractivity contribution in [3.05, 3.63) is 28.8 Å². The molecule has 0 amide bonds. The normalized spacial score (nSPS) is 10.3. The summed E-state index contributed by atoms with van der Waals surface area (Å²) in [6.07, 6.45) is -3.18. The maximum atomic E-state index is 13.2. The summed E-state index contributed by atoms with van der Waals surface area (Å²) in [4.78, 5) is 3.38. The Balaban J connectivity index is 3.26. The van der Waals surface area contributed by atoms with Crippen molar-refractivity contribution in [3.63, 3.8) is 0 Å². The van der Waals surface area contributed by atoms with Crippen molar-refractivity contribution in [1.82, 2.24) is 4.98 Å². The summed E-state index contributed by atoms with van der Waals surface area (Å²) in [5.74, 6) is -1.08. The largest absolute Gasteiger partial charge is 0.283 e. The first-order valence-corrected chi connectivity index (χ1v) is 3.87. The molecular weight excluding hydrogens is 193 g/mol. The van der Waals surface area contributed by atoms with Crippen molar-refractivity contribution >= 4 is 0 Å². The molecule has 0 aliphatic heterocycles. The Morgan fingerprint density at radius 2 is 2.21 bits per heavy atom. The third-order valence-corrected chi connectivity index (χ3v) is 1.66. The first-order chi connectivity index (χ1) is 6.56. The molecule has 2 nitrogen and oxygen atoms in total. The van der Waals surface area contributed by atoms with Crippen molar-refractivity contribution in [3.8, 4) is 6.07 Å². The molecule has 0 unspecified atom stereocenters. The lowest BCUT2D eigenvalue weighted by Crippen LogP contribution is -2.02. The van der Waals surface area contributed by atoms with Crippen LogP contribution in [-0.2, 0) is 6.42 Å². The smallest absolute Gasteiger partial charge is 0.249 e. The molecule has 0 saturated carbocycles. The molecule has 0 aliphatic rings. The van der Waals surface area contributed by atoms with E-state index in [-0.39, 0.29) is 17.7 Å². The number of halogens is 3. The van der Waals surface area contributed by atoms with Gasteiger partial charge in [0, 0.05) is 11.3 Å². The zero-order valence-corrected chi connectivity index (χ0v) is 7.39. The maximum absolute atomic E-state index is 13.2. The van der Waals surface area contributed by atoms with Gasteiger partial charge < -0.3 is 0 Å². The van der Waals surface area contributed by atoms with Crippen molar-refractivity contribution in [2.45, 2.75) is 19.8 Å². The molecular formula is C9H7F3N2. The number of nitriles is 1. The molecule has 0 fully saturated rings. The molecule has 0 atom stereocenters. The third-order valence-electron chi connectivity index (χ3n) is 1.66. The second kappa shape index (κ2) is 4.09. The van der Waals surface area contributed by atoms with Crippen LogP contribution in [0.2, 0.25) is 0 Å². The molecule has 74 valence electrons. The van der Waals surface area contributed by atoms with Crippen LogP contribution in [0.4, 0.5) is 13.2 Å². The molecule has 0 aromatic carbocycles. The molecule has 1 heterocycles. The highest BCUT2D eigenvalue weighted by molar-refractivity contribution is 5.26. The van der Waals surface area contributed by atoms with Crippen molar-refractivity contribution in [2.24, 2.45) is 0 Å². The minimum absolute atomic E-state index is 0.0321. The van der Waals surface area contributed by atoms with Gasteiger partial charge in [-0.2, -0.15) is 5.26 Å². The Morgan fingerprint density at radius 3 is 2.71 bits per heavy atom. The van der Waals surface area contributed by atoms with Crippen LogP contribution in [0, 0.1) is 24.1 Å².